The number of amides is 1. The summed E-state index contributed by atoms with van der Waals surface area (Å²) in [5.74, 6) is 0.340. The van der Waals surface area contributed by atoms with Crippen LogP contribution in [-0.2, 0) is 14.3 Å². The lowest BCUT2D eigenvalue weighted by Gasteiger charge is -2.25. The minimum Gasteiger partial charge on any atom is -0.462 e. The SMILES string of the molecule is CC[C@H](C)NC(=O)[C@@H]1[C@@H]2C[C@@H]3[C@@H]1C(=O)O[C@@H]3C2. The Morgan fingerprint density at radius 3 is 3.00 bits per heavy atom. The normalized spacial score (nSPS) is 43.6. The van der Waals surface area contributed by atoms with E-state index >= 15 is 0 Å². The highest BCUT2D eigenvalue weighted by molar-refractivity contribution is 5.88. The summed E-state index contributed by atoms with van der Waals surface area (Å²) in [5, 5.41) is 3.01. The van der Waals surface area contributed by atoms with Gasteiger partial charge in [-0.2, -0.15) is 0 Å². The predicted molar refractivity (Wildman–Crippen MR) is 61.0 cm³/mol. The summed E-state index contributed by atoms with van der Waals surface area (Å²) < 4.78 is 5.33. The monoisotopic (exact) mass is 237 g/mol. The maximum Gasteiger partial charge on any atom is 0.310 e. The molecule has 1 saturated heterocycles. The molecule has 94 valence electrons. The van der Waals surface area contributed by atoms with Crippen LogP contribution in [0.15, 0.2) is 0 Å². The Morgan fingerprint density at radius 2 is 2.29 bits per heavy atom. The predicted octanol–water partition coefficient (Wildman–Crippen LogP) is 1.10. The van der Waals surface area contributed by atoms with Gasteiger partial charge in [0, 0.05) is 12.0 Å². The second-order valence-corrected chi connectivity index (χ2v) is 5.74. The molecule has 3 aliphatic rings. The molecule has 0 spiro atoms. The highest BCUT2D eigenvalue weighted by Crippen LogP contribution is 2.57. The van der Waals surface area contributed by atoms with Crippen molar-refractivity contribution < 1.29 is 14.3 Å². The van der Waals surface area contributed by atoms with E-state index in [2.05, 4.69) is 5.32 Å². The number of hydrogen-bond acceptors (Lipinski definition) is 3. The Kier molecular flexibility index (Phi) is 2.42. The summed E-state index contributed by atoms with van der Waals surface area (Å²) in [6.45, 7) is 4.05. The molecule has 6 atom stereocenters. The van der Waals surface area contributed by atoms with E-state index in [9.17, 15) is 9.59 Å². The number of carbonyl (C=O) groups is 2. The zero-order valence-corrected chi connectivity index (χ0v) is 10.3. The first kappa shape index (κ1) is 11.1. The summed E-state index contributed by atoms with van der Waals surface area (Å²) in [6.07, 6.45) is 2.93. The van der Waals surface area contributed by atoms with Gasteiger partial charge < -0.3 is 10.1 Å². The van der Waals surface area contributed by atoms with Gasteiger partial charge >= 0.3 is 5.97 Å². The molecule has 1 amide bonds. The summed E-state index contributed by atoms with van der Waals surface area (Å²) in [6, 6.07) is 0.190. The van der Waals surface area contributed by atoms with Gasteiger partial charge in [-0.15, -0.1) is 0 Å². The van der Waals surface area contributed by atoms with E-state index in [0.29, 0.717) is 11.8 Å². The van der Waals surface area contributed by atoms with Crippen LogP contribution >= 0.6 is 0 Å². The number of rotatable bonds is 3. The summed E-state index contributed by atoms with van der Waals surface area (Å²) in [4.78, 5) is 24.0. The first-order valence-corrected chi connectivity index (χ1v) is 6.62. The third-order valence-electron chi connectivity index (χ3n) is 4.79. The lowest BCUT2D eigenvalue weighted by Crippen LogP contribution is -2.43. The molecule has 17 heavy (non-hydrogen) atoms. The number of carbonyl (C=O) groups excluding carboxylic acids is 2. The molecule has 3 fully saturated rings. The molecule has 1 heterocycles. The van der Waals surface area contributed by atoms with Crippen molar-refractivity contribution in [1.82, 2.24) is 5.32 Å². The summed E-state index contributed by atoms with van der Waals surface area (Å²) in [5.41, 5.74) is 0. The largest absolute Gasteiger partial charge is 0.462 e. The molecular weight excluding hydrogens is 218 g/mol. The molecule has 2 aliphatic carbocycles. The van der Waals surface area contributed by atoms with Gasteiger partial charge in [0.15, 0.2) is 0 Å². The summed E-state index contributed by atoms with van der Waals surface area (Å²) in [7, 11) is 0. The van der Waals surface area contributed by atoms with Crippen molar-refractivity contribution in [3.05, 3.63) is 0 Å². The van der Waals surface area contributed by atoms with Crippen LogP contribution in [0.5, 0.6) is 0 Å². The molecule has 3 rings (SSSR count). The minimum atomic E-state index is -0.150. The Hall–Kier alpha value is -1.06. The Bertz CT molecular complexity index is 366. The van der Waals surface area contributed by atoms with Crippen LogP contribution < -0.4 is 5.32 Å². The third kappa shape index (κ3) is 1.49. The first-order valence-electron chi connectivity index (χ1n) is 6.62. The Balaban J connectivity index is 1.76. The molecule has 0 unspecified atom stereocenters. The maximum atomic E-state index is 12.2. The average Bonchev–Trinajstić information content (AvgIpc) is 2.88. The van der Waals surface area contributed by atoms with Gasteiger partial charge in [-0.05, 0) is 32.1 Å². The molecule has 1 aliphatic heterocycles. The molecule has 2 saturated carbocycles. The molecule has 4 heteroatoms. The van der Waals surface area contributed by atoms with Gasteiger partial charge in [-0.1, -0.05) is 6.92 Å². The van der Waals surface area contributed by atoms with Crippen LogP contribution in [0.4, 0.5) is 0 Å². The van der Waals surface area contributed by atoms with Gasteiger partial charge in [0.1, 0.15) is 6.10 Å². The number of esters is 1. The van der Waals surface area contributed by atoms with Gasteiger partial charge in [0.05, 0.1) is 11.8 Å². The zero-order chi connectivity index (χ0) is 12.2. The van der Waals surface area contributed by atoms with E-state index in [1.807, 2.05) is 13.8 Å². The van der Waals surface area contributed by atoms with Crippen molar-refractivity contribution in [2.45, 2.75) is 45.3 Å². The summed E-state index contributed by atoms with van der Waals surface area (Å²) >= 11 is 0. The molecule has 2 bridgehead atoms. The number of fused-ring (bicyclic) bond motifs is 1. The van der Waals surface area contributed by atoms with Crippen LogP contribution in [0.25, 0.3) is 0 Å². The molecule has 1 N–H and O–H groups in total. The molecule has 0 aromatic heterocycles. The quantitative estimate of drug-likeness (QED) is 0.748. The van der Waals surface area contributed by atoms with Crippen molar-refractivity contribution in [1.29, 1.82) is 0 Å². The van der Waals surface area contributed by atoms with Crippen molar-refractivity contribution in [3.8, 4) is 0 Å². The van der Waals surface area contributed by atoms with Gasteiger partial charge in [-0.3, -0.25) is 9.59 Å². The fourth-order valence-electron chi connectivity index (χ4n) is 3.80. The van der Waals surface area contributed by atoms with Crippen molar-refractivity contribution in [2.24, 2.45) is 23.7 Å². The molecule has 0 aromatic carbocycles. The lowest BCUT2D eigenvalue weighted by molar-refractivity contribution is -0.146. The third-order valence-corrected chi connectivity index (χ3v) is 4.79. The Morgan fingerprint density at radius 1 is 1.53 bits per heavy atom. The molecular formula is C13H19NO3. The topological polar surface area (TPSA) is 55.4 Å². The van der Waals surface area contributed by atoms with E-state index in [1.54, 1.807) is 0 Å². The molecule has 0 aromatic rings. The average molecular weight is 237 g/mol. The highest BCUT2D eigenvalue weighted by atomic mass is 16.6. The minimum absolute atomic E-state index is 0.0640. The smallest absolute Gasteiger partial charge is 0.310 e. The first-order chi connectivity index (χ1) is 8.11. The fraction of sp³-hybridized carbons (Fsp3) is 0.846. The zero-order valence-electron chi connectivity index (χ0n) is 10.3. The van der Waals surface area contributed by atoms with Gasteiger partial charge in [-0.25, -0.2) is 0 Å². The highest BCUT2D eigenvalue weighted by Gasteiger charge is 2.63. The standard InChI is InChI=1S/C13H19NO3/c1-3-6(2)14-12(15)10-7-4-8-9(5-7)17-13(16)11(8)10/h6-11H,3-5H2,1-2H3,(H,14,15)/t6-,7+,8-,9+,10+,11-/m0/s1. The van der Waals surface area contributed by atoms with E-state index in [0.717, 1.165) is 19.3 Å². The van der Waals surface area contributed by atoms with Crippen LogP contribution in [0.3, 0.4) is 0 Å². The van der Waals surface area contributed by atoms with E-state index in [1.165, 1.54) is 0 Å². The van der Waals surface area contributed by atoms with Crippen LogP contribution in [0.2, 0.25) is 0 Å². The fourth-order valence-corrected chi connectivity index (χ4v) is 3.80. The number of hydrogen-bond donors (Lipinski definition) is 1. The van der Waals surface area contributed by atoms with Crippen molar-refractivity contribution >= 4 is 11.9 Å². The van der Waals surface area contributed by atoms with Crippen molar-refractivity contribution in [3.63, 3.8) is 0 Å². The second-order valence-electron chi connectivity index (χ2n) is 5.74. The number of nitrogens with one attached hydrogen (secondary N) is 1. The van der Waals surface area contributed by atoms with Crippen LogP contribution in [-0.4, -0.2) is 24.0 Å². The van der Waals surface area contributed by atoms with E-state index in [4.69, 9.17) is 4.74 Å². The molecule has 0 radical (unpaired) electrons. The van der Waals surface area contributed by atoms with Gasteiger partial charge in [0.25, 0.3) is 0 Å². The maximum absolute atomic E-state index is 12.2. The van der Waals surface area contributed by atoms with E-state index < -0.39 is 0 Å². The second kappa shape index (κ2) is 3.72. The van der Waals surface area contributed by atoms with Gasteiger partial charge in [0.2, 0.25) is 5.91 Å². The number of ether oxygens (including phenoxy) is 1. The van der Waals surface area contributed by atoms with Crippen LogP contribution in [0, 0.1) is 23.7 Å². The van der Waals surface area contributed by atoms with Crippen molar-refractivity contribution in [2.75, 3.05) is 0 Å². The lowest BCUT2D eigenvalue weighted by atomic mass is 9.79. The van der Waals surface area contributed by atoms with Crippen LogP contribution in [0.1, 0.15) is 33.1 Å². The Labute approximate surface area is 101 Å². The van der Waals surface area contributed by atoms with E-state index in [-0.39, 0.29) is 35.9 Å². The molecule has 4 nitrogen and oxygen atoms in total.